The molecule has 1 aliphatic rings. The van der Waals surface area contributed by atoms with Crippen molar-refractivity contribution in [2.24, 2.45) is 11.8 Å². The summed E-state index contributed by atoms with van der Waals surface area (Å²) in [6.45, 7) is 10.7. The topological polar surface area (TPSA) is 27.7 Å². The monoisotopic (exact) mass is 520 g/mol. The third-order valence-electron chi connectivity index (χ3n) is 7.38. The van der Waals surface area contributed by atoms with Gasteiger partial charge >= 0.3 is 8.60 Å². The SMILES string of the molecule is CC(C)CCCCCCCOP(OCCCCCCCC(C)C)Oc1ccc(C2CCCCC2)cc1. The number of benzene rings is 1. The Morgan fingerprint density at radius 1 is 0.639 bits per heavy atom. The lowest BCUT2D eigenvalue weighted by Crippen LogP contribution is -2.04. The highest BCUT2D eigenvalue weighted by atomic mass is 31.2. The number of unbranched alkanes of at least 4 members (excludes halogenated alkanes) is 8. The fourth-order valence-electron chi connectivity index (χ4n) is 5.06. The van der Waals surface area contributed by atoms with E-state index >= 15 is 0 Å². The molecule has 0 heterocycles. The Morgan fingerprint density at radius 2 is 1.11 bits per heavy atom. The van der Waals surface area contributed by atoms with Crippen molar-refractivity contribution in [1.82, 2.24) is 0 Å². The van der Waals surface area contributed by atoms with Crippen molar-refractivity contribution >= 4 is 8.60 Å². The maximum Gasteiger partial charge on any atom is 0.397 e. The van der Waals surface area contributed by atoms with Gasteiger partial charge < -0.3 is 13.6 Å². The molecule has 0 amide bonds. The van der Waals surface area contributed by atoms with Gasteiger partial charge in [0.1, 0.15) is 5.75 Å². The molecule has 0 spiro atoms. The first-order valence-electron chi connectivity index (χ1n) is 15.4. The third kappa shape index (κ3) is 15.6. The number of hydrogen-bond donors (Lipinski definition) is 0. The highest BCUT2D eigenvalue weighted by molar-refractivity contribution is 7.42. The molecular weight excluding hydrogens is 463 g/mol. The molecule has 1 aromatic rings. The van der Waals surface area contributed by atoms with Gasteiger partial charge in [0, 0.05) is 0 Å². The quantitative estimate of drug-likeness (QED) is 0.119. The van der Waals surface area contributed by atoms with Crippen molar-refractivity contribution < 1.29 is 13.6 Å². The predicted octanol–water partition coefficient (Wildman–Crippen LogP) is 11.4. The zero-order chi connectivity index (χ0) is 25.8. The Kier molecular flexibility index (Phi) is 17.9. The smallest absolute Gasteiger partial charge is 0.397 e. The molecule has 3 nitrogen and oxygen atoms in total. The molecule has 0 unspecified atom stereocenters. The summed E-state index contributed by atoms with van der Waals surface area (Å²) in [6.07, 6.45) is 22.1. The molecule has 0 aliphatic heterocycles. The fourth-order valence-corrected chi connectivity index (χ4v) is 6.09. The first-order valence-corrected chi connectivity index (χ1v) is 16.5. The van der Waals surface area contributed by atoms with Crippen molar-refractivity contribution in [3.8, 4) is 5.75 Å². The highest BCUT2D eigenvalue weighted by Crippen LogP contribution is 2.42. The summed E-state index contributed by atoms with van der Waals surface area (Å²) in [6, 6.07) is 8.76. The van der Waals surface area contributed by atoms with Crippen LogP contribution in [-0.2, 0) is 9.05 Å². The normalized spacial score (nSPS) is 14.9. The van der Waals surface area contributed by atoms with Gasteiger partial charge in [-0.05, 0) is 61.1 Å². The van der Waals surface area contributed by atoms with Gasteiger partial charge in [-0.2, -0.15) is 0 Å². The molecule has 0 aromatic heterocycles. The maximum absolute atomic E-state index is 6.22. The van der Waals surface area contributed by atoms with E-state index in [1.54, 1.807) is 0 Å². The Labute approximate surface area is 225 Å². The minimum atomic E-state index is -1.33. The van der Waals surface area contributed by atoms with Gasteiger partial charge in [-0.25, -0.2) is 0 Å². The van der Waals surface area contributed by atoms with Crippen LogP contribution < -0.4 is 4.52 Å². The lowest BCUT2D eigenvalue weighted by molar-refractivity contribution is 0.198. The van der Waals surface area contributed by atoms with Crippen molar-refractivity contribution in [3.05, 3.63) is 29.8 Å². The summed E-state index contributed by atoms with van der Waals surface area (Å²) in [7, 11) is -1.33. The van der Waals surface area contributed by atoms with Gasteiger partial charge in [0.15, 0.2) is 0 Å². The molecule has 1 aliphatic carbocycles. The van der Waals surface area contributed by atoms with Crippen molar-refractivity contribution in [2.75, 3.05) is 13.2 Å². The average Bonchev–Trinajstić information content (AvgIpc) is 2.87. The van der Waals surface area contributed by atoms with E-state index in [-0.39, 0.29) is 0 Å². The molecule has 1 saturated carbocycles. The van der Waals surface area contributed by atoms with E-state index in [1.165, 1.54) is 102 Å². The first kappa shape index (κ1) is 31.6. The molecule has 1 fully saturated rings. The second-order valence-electron chi connectivity index (χ2n) is 11.8. The molecule has 0 bridgehead atoms. The van der Waals surface area contributed by atoms with Gasteiger partial charge in [0.2, 0.25) is 0 Å². The van der Waals surface area contributed by atoms with Crippen molar-refractivity contribution in [1.29, 1.82) is 0 Å². The van der Waals surface area contributed by atoms with Crippen molar-refractivity contribution in [2.45, 2.75) is 143 Å². The van der Waals surface area contributed by atoms with E-state index in [2.05, 4.69) is 52.0 Å². The van der Waals surface area contributed by atoms with E-state index in [1.807, 2.05) is 0 Å². The molecule has 0 N–H and O–H groups in total. The number of rotatable bonds is 21. The molecule has 0 radical (unpaired) electrons. The Balaban J connectivity index is 1.70. The average molecular weight is 521 g/mol. The molecule has 1 aromatic carbocycles. The zero-order valence-corrected chi connectivity index (χ0v) is 25.0. The summed E-state index contributed by atoms with van der Waals surface area (Å²) in [5, 5.41) is 0. The molecular formula is C32H57O3P. The van der Waals surface area contributed by atoms with Crippen LogP contribution in [0.15, 0.2) is 24.3 Å². The molecule has 208 valence electrons. The summed E-state index contributed by atoms with van der Waals surface area (Å²) in [5.74, 6) is 3.25. The Hall–Kier alpha value is -0.630. The summed E-state index contributed by atoms with van der Waals surface area (Å²) >= 11 is 0. The lowest BCUT2D eigenvalue weighted by Gasteiger charge is -2.22. The Morgan fingerprint density at radius 3 is 1.61 bits per heavy atom. The summed E-state index contributed by atoms with van der Waals surface area (Å²) in [4.78, 5) is 0. The number of hydrogen-bond acceptors (Lipinski definition) is 3. The van der Waals surface area contributed by atoms with Gasteiger partial charge in [-0.1, -0.05) is 123 Å². The zero-order valence-electron chi connectivity index (χ0n) is 24.1. The highest BCUT2D eigenvalue weighted by Gasteiger charge is 2.17. The van der Waals surface area contributed by atoms with E-state index in [0.29, 0.717) is 0 Å². The molecule has 36 heavy (non-hydrogen) atoms. The second-order valence-corrected chi connectivity index (χ2v) is 12.9. The van der Waals surface area contributed by atoms with E-state index in [4.69, 9.17) is 13.6 Å². The van der Waals surface area contributed by atoms with Crippen LogP contribution in [0, 0.1) is 11.8 Å². The van der Waals surface area contributed by atoms with Crippen LogP contribution in [0.1, 0.15) is 148 Å². The predicted molar refractivity (Wildman–Crippen MR) is 157 cm³/mol. The van der Waals surface area contributed by atoms with Crippen molar-refractivity contribution in [3.63, 3.8) is 0 Å². The van der Waals surface area contributed by atoms with Gasteiger partial charge in [0.25, 0.3) is 0 Å². The maximum atomic E-state index is 6.22. The fraction of sp³-hybridized carbons (Fsp3) is 0.812. The van der Waals surface area contributed by atoms with Crippen LogP contribution in [0.3, 0.4) is 0 Å². The minimum Gasteiger partial charge on any atom is -0.427 e. The summed E-state index contributed by atoms with van der Waals surface area (Å²) in [5.41, 5.74) is 1.46. The van der Waals surface area contributed by atoms with Crippen LogP contribution >= 0.6 is 8.60 Å². The van der Waals surface area contributed by atoms with Gasteiger partial charge in [-0.3, -0.25) is 0 Å². The van der Waals surface area contributed by atoms with E-state index < -0.39 is 8.60 Å². The van der Waals surface area contributed by atoms with E-state index in [0.717, 1.165) is 49.6 Å². The molecule has 0 atom stereocenters. The molecule has 4 heteroatoms. The molecule has 2 rings (SSSR count). The van der Waals surface area contributed by atoms with Crippen LogP contribution in [0.5, 0.6) is 5.75 Å². The minimum absolute atomic E-state index is 0.725. The van der Waals surface area contributed by atoms with Crippen LogP contribution in [-0.4, -0.2) is 13.2 Å². The first-order chi connectivity index (χ1) is 17.5. The van der Waals surface area contributed by atoms with Crippen LogP contribution in [0.4, 0.5) is 0 Å². The van der Waals surface area contributed by atoms with Crippen LogP contribution in [0.25, 0.3) is 0 Å². The standard InChI is InChI=1S/C32H57O3P/c1-28(2)18-12-7-5-9-16-26-33-36(34-27-17-10-6-8-13-19-29(3)4)35-32-24-22-31(23-25-32)30-20-14-11-15-21-30/h22-25,28-30H,5-21,26-27H2,1-4H3. The lowest BCUT2D eigenvalue weighted by atomic mass is 9.84. The molecule has 0 saturated heterocycles. The van der Waals surface area contributed by atoms with Gasteiger partial charge in [0.05, 0.1) is 13.2 Å². The van der Waals surface area contributed by atoms with Crippen LogP contribution in [0.2, 0.25) is 0 Å². The Bertz CT molecular complexity index is 601. The summed E-state index contributed by atoms with van der Waals surface area (Å²) < 4.78 is 18.5. The third-order valence-corrected chi connectivity index (χ3v) is 8.53. The van der Waals surface area contributed by atoms with E-state index in [9.17, 15) is 0 Å². The van der Waals surface area contributed by atoms with Gasteiger partial charge in [-0.15, -0.1) is 0 Å². The largest absolute Gasteiger partial charge is 0.427 e. The second kappa shape index (κ2) is 20.3.